The van der Waals surface area contributed by atoms with Crippen LogP contribution >= 0.6 is 8.17 Å². The lowest BCUT2D eigenvalue weighted by atomic mass is 10.5. The highest BCUT2D eigenvalue weighted by molar-refractivity contribution is 7.54. The molecule has 10 heteroatoms. The second kappa shape index (κ2) is 10.1. The predicted molar refractivity (Wildman–Crippen MR) is 62.0 cm³/mol. The second-order valence-corrected chi connectivity index (χ2v) is 4.53. The molecule has 0 aromatic rings. The van der Waals surface area contributed by atoms with E-state index >= 15 is 0 Å². The lowest BCUT2D eigenvalue weighted by molar-refractivity contribution is -0.129. The molecule has 0 aliphatic carbocycles. The monoisotopic (exact) mass is 285 g/mol. The minimum absolute atomic E-state index is 0.0240. The zero-order valence-electron chi connectivity index (χ0n) is 9.78. The highest BCUT2D eigenvalue weighted by Gasteiger charge is 2.38. The molecule has 0 radical (unpaired) electrons. The van der Waals surface area contributed by atoms with Crippen LogP contribution in [-0.4, -0.2) is 55.1 Å². The first-order valence-electron chi connectivity index (χ1n) is 5.17. The number of nitrogens with one attached hydrogen (secondary N) is 1. The summed E-state index contributed by atoms with van der Waals surface area (Å²) in [5.74, 6) is -0.370. The van der Waals surface area contributed by atoms with Crippen LogP contribution in [0.5, 0.6) is 0 Å². The number of carbonyl (C=O) groups is 2. The molecule has 0 aromatic heterocycles. The topological polar surface area (TPSA) is 140 Å². The van der Waals surface area contributed by atoms with Crippen LogP contribution in [0.1, 0.15) is 6.42 Å². The van der Waals surface area contributed by atoms with E-state index in [-0.39, 0.29) is 45.3 Å². The first-order valence-corrected chi connectivity index (χ1v) is 6.70. The van der Waals surface area contributed by atoms with Gasteiger partial charge < -0.3 is 15.8 Å². The predicted octanol–water partition coefficient (Wildman–Crippen LogP) is -1.68. The van der Waals surface area contributed by atoms with Gasteiger partial charge in [-0.3, -0.25) is 9.59 Å². The smallest absolute Gasteiger partial charge is 0.468 e. The van der Waals surface area contributed by atoms with E-state index < -0.39 is 8.17 Å². The number of ether oxygens (including phenoxy) is 1. The van der Waals surface area contributed by atoms with Gasteiger partial charge in [0.05, 0.1) is 13.2 Å². The minimum Gasteiger partial charge on any atom is -0.468 e. The fourth-order valence-corrected chi connectivity index (χ4v) is 1.61. The molecule has 5 N–H and O–H groups in total. The van der Waals surface area contributed by atoms with Crippen molar-refractivity contribution < 1.29 is 33.2 Å². The number of rotatable bonds is 11. The Morgan fingerprint density at radius 1 is 1.28 bits per heavy atom. The van der Waals surface area contributed by atoms with E-state index in [4.69, 9.17) is 5.73 Å². The number of carbonyl (C=O) groups excluding carboxylic acids is 2. The lowest BCUT2D eigenvalue weighted by Crippen LogP contribution is -2.32. The highest BCUT2D eigenvalue weighted by atomic mass is 31.2. The zero-order valence-corrected chi connectivity index (χ0v) is 10.7. The molecule has 0 saturated carbocycles. The molecular formula is C8H18N2O7P+. The second-order valence-electron chi connectivity index (χ2n) is 3.03. The molecule has 0 atom stereocenters. The number of amides is 1. The fraction of sp³-hybridized carbons (Fsp3) is 0.750. The zero-order chi connectivity index (χ0) is 13.9. The maximum absolute atomic E-state index is 10.7. The van der Waals surface area contributed by atoms with Gasteiger partial charge in [-0.15, -0.1) is 0 Å². The Bertz CT molecular complexity index is 252. The molecule has 0 aromatic carbocycles. The number of hydrogen-bond donors (Lipinski definition) is 4. The molecule has 0 heterocycles. The Balaban J connectivity index is 3.54. The van der Waals surface area contributed by atoms with Crippen LogP contribution in [0.25, 0.3) is 0 Å². The van der Waals surface area contributed by atoms with Gasteiger partial charge in [0.1, 0.15) is 13.2 Å². The van der Waals surface area contributed by atoms with Gasteiger partial charge in [0.2, 0.25) is 5.91 Å². The van der Waals surface area contributed by atoms with Crippen LogP contribution in [0, 0.1) is 0 Å². The van der Waals surface area contributed by atoms with Crippen molar-refractivity contribution in [2.75, 3.05) is 32.9 Å². The van der Waals surface area contributed by atoms with Crippen LogP contribution in [0.4, 0.5) is 0 Å². The van der Waals surface area contributed by atoms with E-state index in [0.29, 0.717) is 6.42 Å². The maximum Gasteiger partial charge on any atom is 0.570 e. The third-order valence-electron chi connectivity index (χ3n) is 1.60. The summed E-state index contributed by atoms with van der Waals surface area (Å²) in [4.78, 5) is 39.1. The van der Waals surface area contributed by atoms with Crippen molar-refractivity contribution in [3.05, 3.63) is 0 Å². The van der Waals surface area contributed by atoms with Gasteiger partial charge >= 0.3 is 8.17 Å². The van der Waals surface area contributed by atoms with Crippen molar-refractivity contribution in [1.82, 2.24) is 5.32 Å². The summed E-state index contributed by atoms with van der Waals surface area (Å²) in [7, 11) is -3.89. The lowest BCUT2D eigenvalue weighted by Gasteiger charge is -2.09. The van der Waals surface area contributed by atoms with Gasteiger partial charge in [-0.2, -0.15) is 18.8 Å². The third-order valence-corrected chi connectivity index (χ3v) is 2.64. The Kier molecular flexibility index (Phi) is 9.66. The van der Waals surface area contributed by atoms with Gasteiger partial charge in [0.15, 0.2) is 0 Å². The summed E-state index contributed by atoms with van der Waals surface area (Å²) in [6.45, 7) is 0.219. The largest absolute Gasteiger partial charge is 0.570 e. The first-order chi connectivity index (χ1) is 8.52. The van der Waals surface area contributed by atoms with E-state index in [2.05, 4.69) is 19.1 Å². The van der Waals surface area contributed by atoms with Gasteiger partial charge in [-0.25, -0.2) is 0 Å². The van der Waals surface area contributed by atoms with Crippen molar-refractivity contribution in [1.29, 1.82) is 0 Å². The van der Waals surface area contributed by atoms with Gasteiger partial charge in [0.25, 0.3) is 6.47 Å². The molecule has 0 spiro atoms. The van der Waals surface area contributed by atoms with Crippen molar-refractivity contribution in [2.45, 2.75) is 6.42 Å². The van der Waals surface area contributed by atoms with Crippen LogP contribution in [-0.2, 0) is 23.4 Å². The maximum atomic E-state index is 10.7. The van der Waals surface area contributed by atoms with Crippen molar-refractivity contribution in [3.63, 3.8) is 0 Å². The van der Waals surface area contributed by atoms with Gasteiger partial charge in [0, 0.05) is 13.0 Å². The minimum atomic E-state index is -3.89. The van der Waals surface area contributed by atoms with Crippen LogP contribution in [0.3, 0.4) is 0 Å². The summed E-state index contributed by atoms with van der Waals surface area (Å²) in [5, 5.41) is 2.38. The molecule has 106 valence electrons. The molecule has 0 rings (SSSR count). The average molecular weight is 285 g/mol. The van der Waals surface area contributed by atoms with Crippen molar-refractivity contribution in [2.24, 2.45) is 5.73 Å². The standard InChI is InChI=1S/C8H17N2O7P/c9-6-8(12)10-2-5-17-18(13,14)16-4-1-3-15-7-11/h7,13-14H,1-6,9H2/p+1. The van der Waals surface area contributed by atoms with Crippen LogP contribution in [0.15, 0.2) is 0 Å². The fourth-order valence-electron chi connectivity index (χ4n) is 0.838. The third kappa shape index (κ3) is 10.3. The van der Waals surface area contributed by atoms with Crippen molar-refractivity contribution >= 4 is 20.5 Å². The summed E-state index contributed by atoms with van der Waals surface area (Å²) < 4.78 is 13.7. The molecule has 9 nitrogen and oxygen atoms in total. The Hall–Kier alpha value is -0.830. The van der Waals surface area contributed by atoms with E-state index in [0.717, 1.165) is 0 Å². The normalized spacial score (nSPS) is 11.1. The number of hydrogen-bond acceptors (Lipinski definition) is 8. The van der Waals surface area contributed by atoms with E-state index in [1.54, 1.807) is 0 Å². The van der Waals surface area contributed by atoms with E-state index in [1.165, 1.54) is 0 Å². The van der Waals surface area contributed by atoms with Crippen molar-refractivity contribution in [3.8, 4) is 0 Å². The SMILES string of the molecule is NCC(=O)NCCO[P+](O)(O)OCCCOC=O. The molecule has 1 amide bonds. The molecule has 0 fully saturated rings. The highest BCUT2D eigenvalue weighted by Crippen LogP contribution is 2.52. The molecule has 0 aliphatic heterocycles. The molecule has 0 bridgehead atoms. The van der Waals surface area contributed by atoms with Gasteiger partial charge in [-0.05, 0) is 0 Å². The summed E-state index contributed by atoms with van der Waals surface area (Å²) in [5.41, 5.74) is 5.04. The Morgan fingerprint density at radius 2 is 1.94 bits per heavy atom. The molecule has 0 saturated heterocycles. The Labute approximate surface area is 105 Å². The molecule has 0 unspecified atom stereocenters. The first kappa shape index (κ1) is 17.2. The molecule has 18 heavy (non-hydrogen) atoms. The van der Waals surface area contributed by atoms with Gasteiger partial charge in [-0.1, -0.05) is 0 Å². The summed E-state index contributed by atoms with van der Waals surface area (Å²) in [6, 6.07) is 0. The molecule has 0 aliphatic rings. The summed E-state index contributed by atoms with van der Waals surface area (Å²) in [6.07, 6.45) is 0.314. The van der Waals surface area contributed by atoms with E-state index in [1.807, 2.05) is 0 Å². The van der Waals surface area contributed by atoms with E-state index in [9.17, 15) is 19.4 Å². The van der Waals surface area contributed by atoms with Crippen LogP contribution < -0.4 is 11.1 Å². The summed E-state index contributed by atoms with van der Waals surface area (Å²) >= 11 is 0. The number of nitrogens with two attached hydrogens (primary N) is 1. The molecular weight excluding hydrogens is 267 g/mol. The quantitative estimate of drug-likeness (QED) is 0.200. The average Bonchev–Trinajstić information content (AvgIpc) is 2.34. The van der Waals surface area contributed by atoms with Crippen LogP contribution in [0.2, 0.25) is 0 Å². The Morgan fingerprint density at radius 3 is 2.56 bits per heavy atom.